The van der Waals surface area contributed by atoms with Crippen LogP contribution >= 0.6 is 0 Å². The second kappa shape index (κ2) is 11.0. The van der Waals surface area contributed by atoms with E-state index in [2.05, 4.69) is 0 Å². The molecule has 0 radical (unpaired) electrons. The van der Waals surface area contributed by atoms with Crippen LogP contribution in [0.3, 0.4) is 0 Å². The normalized spacial score (nSPS) is 13.2. The average molecular weight is 292 g/mol. The molecule has 0 rings (SSSR count). The monoisotopic (exact) mass is 292 g/mol. The first-order valence-electron chi connectivity index (χ1n) is 6.69. The van der Waals surface area contributed by atoms with Crippen LogP contribution in [0.1, 0.15) is 33.1 Å². The van der Waals surface area contributed by atoms with Crippen molar-refractivity contribution in [1.82, 2.24) is 0 Å². The van der Waals surface area contributed by atoms with Crippen LogP contribution in [0.5, 0.6) is 0 Å². The van der Waals surface area contributed by atoms with Gasteiger partial charge in [-0.2, -0.15) is 0 Å². The third-order valence-electron chi connectivity index (χ3n) is 2.72. The second-order valence-corrected chi connectivity index (χ2v) is 6.21. The van der Waals surface area contributed by atoms with Gasteiger partial charge in [0.2, 0.25) is 0 Å². The molecule has 19 heavy (non-hydrogen) atoms. The molecule has 6 nitrogen and oxygen atoms in total. The summed E-state index contributed by atoms with van der Waals surface area (Å²) in [5.74, 6) is -3.00. The van der Waals surface area contributed by atoms with Crippen LogP contribution in [0.25, 0.3) is 0 Å². The van der Waals surface area contributed by atoms with Crippen LogP contribution in [0.4, 0.5) is 0 Å². The number of rotatable bonds is 12. The van der Waals surface area contributed by atoms with Gasteiger partial charge in [-0.25, -0.2) is 0 Å². The zero-order chi connectivity index (χ0) is 14.7. The summed E-state index contributed by atoms with van der Waals surface area (Å²) in [6.07, 6.45) is 0.809. The first kappa shape index (κ1) is 18.1. The lowest BCUT2D eigenvalue weighted by molar-refractivity contribution is -0.148. The quantitative estimate of drug-likeness (QED) is 0.315. The molecule has 7 heteroatoms. The first-order chi connectivity index (χ1) is 9.01. The van der Waals surface area contributed by atoms with Crippen LogP contribution in [-0.2, 0) is 19.1 Å². The molecule has 0 bridgehead atoms. The Labute approximate surface area is 115 Å². The van der Waals surface area contributed by atoms with Crippen LogP contribution < -0.4 is 0 Å². The minimum Gasteiger partial charge on any atom is -0.481 e. The molecule has 0 aromatic carbocycles. The molecule has 1 unspecified atom stereocenters. The van der Waals surface area contributed by atoms with E-state index in [9.17, 15) is 9.59 Å². The standard InChI is InChI=1S/C12H24O6Si/c1-3-17-12(18-4-2)19-7-5-6-9(11(15)16)8-10(13)14/h9,12H,3-8,19H2,1-2H3,(H,13,14)(H,15,16). The van der Waals surface area contributed by atoms with E-state index >= 15 is 0 Å². The maximum absolute atomic E-state index is 10.9. The van der Waals surface area contributed by atoms with Crippen molar-refractivity contribution in [3.05, 3.63) is 0 Å². The van der Waals surface area contributed by atoms with E-state index in [4.69, 9.17) is 19.7 Å². The van der Waals surface area contributed by atoms with Crippen molar-refractivity contribution < 1.29 is 29.3 Å². The summed E-state index contributed by atoms with van der Waals surface area (Å²) >= 11 is 0. The summed E-state index contributed by atoms with van der Waals surface area (Å²) in [7, 11) is -0.576. The lowest BCUT2D eigenvalue weighted by Crippen LogP contribution is -2.25. The fourth-order valence-corrected chi connectivity index (χ4v) is 3.53. The van der Waals surface area contributed by atoms with Gasteiger partial charge in [-0.05, 0) is 20.3 Å². The zero-order valence-electron chi connectivity index (χ0n) is 11.6. The van der Waals surface area contributed by atoms with Crippen molar-refractivity contribution in [2.45, 2.75) is 45.1 Å². The van der Waals surface area contributed by atoms with Crippen molar-refractivity contribution >= 4 is 21.5 Å². The van der Waals surface area contributed by atoms with Gasteiger partial charge in [0.25, 0.3) is 0 Å². The summed E-state index contributed by atoms with van der Waals surface area (Å²) < 4.78 is 10.9. The van der Waals surface area contributed by atoms with Gasteiger partial charge in [0.05, 0.1) is 21.9 Å². The van der Waals surface area contributed by atoms with Crippen LogP contribution in [0.2, 0.25) is 6.04 Å². The van der Waals surface area contributed by atoms with E-state index in [1.165, 1.54) is 0 Å². The molecule has 1 atom stereocenters. The number of carbonyl (C=O) groups is 2. The van der Waals surface area contributed by atoms with Gasteiger partial charge < -0.3 is 19.7 Å². The molecular weight excluding hydrogens is 268 g/mol. The van der Waals surface area contributed by atoms with Crippen LogP contribution in [-0.4, -0.2) is 50.8 Å². The average Bonchev–Trinajstić information content (AvgIpc) is 2.32. The fourth-order valence-electron chi connectivity index (χ4n) is 1.81. The van der Waals surface area contributed by atoms with Crippen LogP contribution in [0.15, 0.2) is 0 Å². The Morgan fingerprint density at radius 2 is 1.74 bits per heavy atom. The summed E-state index contributed by atoms with van der Waals surface area (Å²) in [6, 6.07) is 0.897. The van der Waals surface area contributed by atoms with E-state index < -0.39 is 27.4 Å². The van der Waals surface area contributed by atoms with Crippen molar-refractivity contribution in [2.24, 2.45) is 5.92 Å². The minimum absolute atomic E-state index is 0.113. The van der Waals surface area contributed by atoms with Crippen molar-refractivity contribution in [1.29, 1.82) is 0 Å². The van der Waals surface area contributed by atoms with Gasteiger partial charge in [0, 0.05) is 13.2 Å². The number of carboxylic acids is 2. The molecule has 0 saturated heterocycles. The Morgan fingerprint density at radius 1 is 1.16 bits per heavy atom. The Kier molecular flexibility index (Phi) is 10.4. The van der Waals surface area contributed by atoms with Gasteiger partial charge in [-0.3, -0.25) is 9.59 Å². The summed E-state index contributed by atoms with van der Waals surface area (Å²) in [6.45, 7) is 5.03. The van der Waals surface area contributed by atoms with Gasteiger partial charge in [0.15, 0.2) is 0 Å². The number of hydrogen-bond donors (Lipinski definition) is 2. The van der Waals surface area contributed by atoms with Crippen LogP contribution in [0, 0.1) is 5.92 Å². The predicted molar refractivity (Wildman–Crippen MR) is 73.0 cm³/mol. The highest BCUT2D eigenvalue weighted by atomic mass is 28.2. The lowest BCUT2D eigenvalue weighted by atomic mass is 10.0. The molecule has 2 N–H and O–H groups in total. The molecule has 0 fully saturated rings. The Bertz CT molecular complexity index is 265. The second-order valence-electron chi connectivity index (χ2n) is 4.26. The predicted octanol–water partition coefficient (Wildman–Crippen LogP) is 0.886. The van der Waals surface area contributed by atoms with Crippen molar-refractivity contribution in [3.63, 3.8) is 0 Å². The Hall–Kier alpha value is -0.923. The molecule has 0 heterocycles. The number of aliphatic carboxylic acids is 2. The Balaban J connectivity index is 3.91. The topological polar surface area (TPSA) is 93.1 Å². The SMILES string of the molecule is CCOC(OCC)[SiH2]CCCC(CC(=O)O)C(=O)O. The number of hydrogen-bond acceptors (Lipinski definition) is 4. The van der Waals surface area contributed by atoms with Gasteiger partial charge in [0.1, 0.15) is 5.91 Å². The third kappa shape index (κ3) is 9.63. The molecule has 0 spiro atoms. The van der Waals surface area contributed by atoms with Crippen molar-refractivity contribution in [2.75, 3.05) is 13.2 Å². The van der Waals surface area contributed by atoms with E-state index in [0.29, 0.717) is 26.1 Å². The molecular formula is C12H24O6Si. The maximum Gasteiger partial charge on any atom is 0.307 e. The first-order valence-corrected chi connectivity index (χ1v) is 8.50. The molecule has 0 aliphatic heterocycles. The zero-order valence-corrected chi connectivity index (χ0v) is 13.0. The maximum atomic E-state index is 10.9. The third-order valence-corrected chi connectivity index (χ3v) is 4.57. The van der Waals surface area contributed by atoms with Gasteiger partial charge in [-0.15, -0.1) is 0 Å². The number of carboxylic acid groups (broad SMARTS) is 2. The van der Waals surface area contributed by atoms with E-state index in [1.54, 1.807) is 0 Å². The Morgan fingerprint density at radius 3 is 2.16 bits per heavy atom. The smallest absolute Gasteiger partial charge is 0.307 e. The van der Waals surface area contributed by atoms with E-state index in [0.717, 1.165) is 6.04 Å². The van der Waals surface area contributed by atoms with Crippen molar-refractivity contribution in [3.8, 4) is 0 Å². The summed E-state index contributed by atoms with van der Waals surface area (Å²) in [5.41, 5.74) is 0. The fraction of sp³-hybridized carbons (Fsp3) is 0.833. The summed E-state index contributed by atoms with van der Waals surface area (Å²) in [4.78, 5) is 21.4. The largest absolute Gasteiger partial charge is 0.481 e. The molecule has 112 valence electrons. The highest BCUT2D eigenvalue weighted by Gasteiger charge is 2.20. The molecule has 0 aliphatic carbocycles. The minimum atomic E-state index is -1.06. The van der Waals surface area contributed by atoms with E-state index in [1.807, 2.05) is 13.8 Å². The molecule has 0 aromatic rings. The highest BCUT2D eigenvalue weighted by molar-refractivity contribution is 6.36. The molecule has 0 aromatic heterocycles. The molecule has 0 saturated carbocycles. The van der Waals surface area contributed by atoms with Gasteiger partial charge in [-0.1, -0.05) is 12.5 Å². The summed E-state index contributed by atoms with van der Waals surface area (Å²) in [5, 5.41) is 17.5. The highest BCUT2D eigenvalue weighted by Crippen LogP contribution is 2.14. The molecule has 0 aliphatic rings. The van der Waals surface area contributed by atoms with E-state index in [-0.39, 0.29) is 12.3 Å². The lowest BCUT2D eigenvalue weighted by Gasteiger charge is -2.16. The molecule has 0 amide bonds. The van der Waals surface area contributed by atoms with Gasteiger partial charge >= 0.3 is 11.9 Å². The number of ether oxygens (including phenoxy) is 2.